The minimum atomic E-state index is 0.702. The maximum atomic E-state index is 6.61. The molecule has 0 unspecified atom stereocenters. The van der Waals surface area contributed by atoms with Crippen molar-refractivity contribution >= 4 is 11.0 Å². The van der Waals surface area contributed by atoms with Crippen LogP contribution in [0.15, 0.2) is 83.3 Å². The number of hydrogen-bond donors (Lipinski definition) is 0. The van der Waals surface area contributed by atoms with Crippen molar-refractivity contribution in [3.05, 3.63) is 90.0 Å². The molecule has 39 heavy (non-hydrogen) atoms. The van der Waals surface area contributed by atoms with Crippen LogP contribution < -0.4 is 23.7 Å². The fraction of sp³-hybridized carbons (Fsp3) is 0.212. The first-order valence-corrected chi connectivity index (χ1v) is 12.7. The van der Waals surface area contributed by atoms with Crippen molar-refractivity contribution in [1.82, 2.24) is 0 Å². The Balaban J connectivity index is 1.72. The summed E-state index contributed by atoms with van der Waals surface area (Å²) in [4.78, 5) is 0. The maximum absolute atomic E-state index is 6.61. The third-order valence-corrected chi connectivity index (χ3v) is 6.92. The van der Waals surface area contributed by atoms with E-state index in [4.69, 9.17) is 28.1 Å². The number of aryl methyl sites for hydroxylation is 2. The van der Waals surface area contributed by atoms with Gasteiger partial charge in [-0.2, -0.15) is 0 Å². The summed E-state index contributed by atoms with van der Waals surface area (Å²) in [6.07, 6.45) is 1.63. The van der Waals surface area contributed by atoms with E-state index in [1.165, 1.54) is 5.56 Å². The Bertz CT molecular complexity index is 1540. The second kappa shape index (κ2) is 11.4. The van der Waals surface area contributed by atoms with Gasteiger partial charge in [-0.15, -0.1) is 0 Å². The highest BCUT2D eigenvalue weighted by Gasteiger charge is 2.23. The molecule has 6 heteroatoms. The standard InChI is InChI=1S/C33H32O6/c1-34-25-12-7-21(8-13-25)6-9-23-16-29(38-5)20-30-31(23)32(24-17-27(36-3)19-28(18-24)37-4)33(39-30)22-10-14-26(35-2)15-11-22/h7-8,10-20H,6,9H2,1-5H3. The van der Waals surface area contributed by atoms with Crippen LogP contribution in [0.5, 0.6) is 28.7 Å². The van der Waals surface area contributed by atoms with Crippen molar-refractivity contribution in [2.24, 2.45) is 0 Å². The molecule has 6 nitrogen and oxygen atoms in total. The molecule has 5 aromatic rings. The van der Waals surface area contributed by atoms with E-state index in [0.717, 1.165) is 69.1 Å². The average molecular weight is 525 g/mol. The van der Waals surface area contributed by atoms with Crippen molar-refractivity contribution in [3.8, 4) is 51.2 Å². The fourth-order valence-corrected chi connectivity index (χ4v) is 4.84. The number of ether oxygens (including phenoxy) is 5. The van der Waals surface area contributed by atoms with E-state index >= 15 is 0 Å². The van der Waals surface area contributed by atoms with Gasteiger partial charge in [0, 0.05) is 28.6 Å². The van der Waals surface area contributed by atoms with Gasteiger partial charge in [0.05, 0.1) is 35.5 Å². The molecule has 5 rings (SSSR count). The minimum absolute atomic E-state index is 0.702. The van der Waals surface area contributed by atoms with Crippen LogP contribution in [0.25, 0.3) is 33.4 Å². The van der Waals surface area contributed by atoms with Crippen LogP contribution in [0.1, 0.15) is 11.1 Å². The first-order valence-electron chi connectivity index (χ1n) is 12.7. The second-order valence-electron chi connectivity index (χ2n) is 9.14. The van der Waals surface area contributed by atoms with Gasteiger partial charge >= 0.3 is 0 Å². The summed E-state index contributed by atoms with van der Waals surface area (Å²) in [7, 11) is 8.32. The highest BCUT2D eigenvalue weighted by Crippen LogP contribution is 2.46. The zero-order chi connectivity index (χ0) is 27.4. The normalized spacial score (nSPS) is 10.9. The molecule has 0 saturated heterocycles. The minimum Gasteiger partial charge on any atom is -0.497 e. The lowest BCUT2D eigenvalue weighted by molar-refractivity contribution is 0.394. The number of hydrogen-bond acceptors (Lipinski definition) is 6. The monoisotopic (exact) mass is 524 g/mol. The third-order valence-electron chi connectivity index (χ3n) is 6.92. The number of benzene rings is 4. The van der Waals surface area contributed by atoms with Crippen LogP contribution in [-0.2, 0) is 12.8 Å². The summed E-state index contributed by atoms with van der Waals surface area (Å²) in [5.41, 5.74) is 5.94. The molecule has 1 heterocycles. The molecule has 0 aliphatic rings. The zero-order valence-corrected chi connectivity index (χ0v) is 22.9. The van der Waals surface area contributed by atoms with Gasteiger partial charge in [-0.05, 0) is 84.1 Å². The Morgan fingerprint density at radius 2 is 1.05 bits per heavy atom. The average Bonchev–Trinajstić information content (AvgIpc) is 3.39. The topological polar surface area (TPSA) is 59.3 Å². The molecule has 0 aliphatic heterocycles. The van der Waals surface area contributed by atoms with Crippen LogP contribution >= 0.6 is 0 Å². The molecule has 0 fully saturated rings. The summed E-state index contributed by atoms with van der Waals surface area (Å²) >= 11 is 0. The molecule has 0 atom stereocenters. The Morgan fingerprint density at radius 1 is 0.513 bits per heavy atom. The third kappa shape index (κ3) is 5.36. The van der Waals surface area contributed by atoms with Gasteiger partial charge in [-0.1, -0.05) is 12.1 Å². The molecular weight excluding hydrogens is 492 g/mol. The number of rotatable bonds is 10. The van der Waals surface area contributed by atoms with E-state index in [9.17, 15) is 0 Å². The lowest BCUT2D eigenvalue weighted by Gasteiger charge is -2.12. The summed E-state index contributed by atoms with van der Waals surface area (Å²) in [6.45, 7) is 0. The quantitative estimate of drug-likeness (QED) is 0.188. The van der Waals surface area contributed by atoms with E-state index in [-0.39, 0.29) is 0 Å². The van der Waals surface area contributed by atoms with Crippen molar-refractivity contribution in [3.63, 3.8) is 0 Å². The SMILES string of the molecule is COc1ccc(CCc2cc(OC)cc3oc(-c4ccc(OC)cc4)c(-c4cc(OC)cc(OC)c4)c23)cc1. The molecule has 200 valence electrons. The van der Waals surface area contributed by atoms with Crippen LogP contribution in [0.3, 0.4) is 0 Å². The molecule has 4 aromatic carbocycles. The van der Waals surface area contributed by atoms with Crippen LogP contribution in [0, 0.1) is 0 Å². The van der Waals surface area contributed by atoms with Gasteiger partial charge in [-0.3, -0.25) is 0 Å². The lowest BCUT2D eigenvalue weighted by atomic mass is 9.93. The summed E-state index contributed by atoms with van der Waals surface area (Å²) in [6, 6.07) is 26.0. The molecule has 1 aromatic heterocycles. The number of methoxy groups -OCH3 is 5. The fourth-order valence-electron chi connectivity index (χ4n) is 4.84. The van der Waals surface area contributed by atoms with Gasteiger partial charge in [0.25, 0.3) is 0 Å². The molecule has 0 radical (unpaired) electrons. The summed E-state index contributed by atoms with van der Waals surface area (Å²) in [5, 5.41) is 1.03. The van der Waals surface area contributed by atoms with Crippen molar-refractivity contribution < 1.29 is 28.1 Å². The van der Waals surface area contributed by atoms with Gasteiger partial charge < -0.3 is 28.1 Å². The Hall–Kier alpha value is -4.58. The molecule has 0 bridgehead atoms. The van der Waals surface area contributed by atoms with E-state index in [1.807, 2.05) is 60.7 Å². The molecule has 0 N–H and O–H groups in total. The lowest BCUT2D eigenvalue weighted by Crippen LogP contribution is -1.95. The van der Waals surface area contributed by atoms with Crippen molar-refractivity contribution in [1.29, 1.82) is 0 Å². The van der Waals surface area contributed by atoms with Crippen LogP contribution in [-0.4, -0.2) is 35.5 Å². The van der Waals surface area contributed by atoms with E-state index in [0.29, 0.717) is 11.5 Å². The first kappa shape index (κ1) is 26.0. The van der Waals surface area contributed by atoms with E-state index in [1.54, 1.807) is 35.5 Å². The molecule has 0 saturated carbocycles. The van der Waals surface area contributed by atoms with Crippen molar-refractivity contribution in [2.45, 2.75) is 12.8 Å². The van der Waals surface area contributed by atoms with Crippen LogP contribution in [0.4, 0.5) is 0 Å². The van der Waals surface area contributed by atoms with Gasteiger partial charge in [0.15, 0.2) is 0 Å². The summed E-state index contributed by atoms with van der Waals surface area (Å²) in [5.74, 6) is 4.52. The van der Waals surface area contributed by atoms with Gasteiger partial charge in [0.1, 0.15) is 40.1 Å². The Labute approximate surface area is 228 Å². The Morgan fingerprint density at radius 3 is 1.62 bits per heavy atom. The molecule has 0 aliphatic carbocycles. The first-order chi connectivity index (χ1) is 19.1. The van der Waals surface area contributed by atoms with Crippen LogP contribution in [0.2, 0.25) is 0 Å². The van der Waals surface area contributed by atoms with Crippen molar-refractivity contribution in [2.75, 3.05) is 35.5 Å². The predicted molar refractivity (Wildman–Crippen MR) is 154 cm³/mol. The molecule has 0 amide bonds. The van der Waals surface area contributed by atoms with E-state index < -0.39 is 0 Å². The largest absolute Gasteiger partial charge is 0.497 e. The van der Waals surface area contributed by atoms with Gasteiger partial charge in [0.2, 0.25) is 0 Å². The second-order valence-corrected chi connectivity index (χ2v) is 9.14. The number of furan rings is 1. The Kier molecular flexibility index (Phi) is 7.64. The molecular formula is C33H32O6. The smallest absolute Gasteiger partial charge is 0.143 e. The predicted octanol–water partition coefficient (Wildman–Crippen LogP) is 7.60. The summed E-state index contributed by atoms with van der Waals surface area (Å²) < 4.78 is 34.2. The number of fused-ring (bicyclic) bond motifs is 1. The van der Waals surface area contributed by atoms with Gasteiger partial charge in [-0.25, -0.2) is 0 Å². The highest BCUT2D eigenvalue weighted by atomic mass is 16.5. The maximum Gasteiger partial charge on any atom is 0.143 e. The van der Waals surface area contributed by atoms with E-state index in [2.05, 4.69) is 18.2 Å². The zero-order valence-electron chi connectivity index (χ0n) is 22.9. The highest BCUT2D eigenvalue weighted by molar-refractivity contribution is 6.04. The molecule has 0 spiro atoms.